The van der Waals surface area contributed by atoms with Crippen LogP contribution < -0.4 is 0 Å². The van der Waals surface area contributed by atoms with Gasteiger partial charge in [-0.1, -0.05) is 13.8 Å². The van der Waals surface area contributed by atoms with E-state index < -0.39 is 0 Å². The topological polar surface area (TPSA) is 20.3 Å². The van der Waals surface area contributed by atoms with Gasteiger partial charge in [-0.25, -0.2) is 0 Å². The maximum absolute atomic E-state index is 11.8. The van der Waals surface area contributed by atoms with Crippen LogP contribution in [0.5, 0.6) is 0 Å². The maximum atomic E-state index is 11.8. The van der Waals surface area contributed by atoms with E-state index in [1.165, 1.54) is 6.42 Å². The molecular weight excluding hydrogens is 210 g/mol. The molecule has 3 heteroatoms. The van der Waals surface area contributed by atoms with Crippen LogP contribution in [-0.4, -0.2) is 29.8 Å². The first-order valence-electron chi connectivity index (χ1n) is 5.99. The van der Waals surface area contributed by atoms with Gasteiger partial charge < -0.3 is 4.90 Å². The summed E-state index contributed by atoms with van der Waals surface area (Å²) in [6.07, 6.45) is 3.75. The van der Waals surface area contributed by atoms with E-state index in [9.17, 15) is 4.79 Å². The predicted molar refractivity (Wildman–Crippen MR) is 64.1 cm³/mol. The summed E-state index contributed by atoms with van der Waals surface area (Å²) in [5.41, 5.74) is 0. The van der Waals surface area contributed by atoms with Crippen LogP contribution in [0.1, 0.15) is 39.5 Å². The minimum Gasteiger partial charge on any atom is -0.342 e. The van der Waals surface area contributed by atoms with Crippen LogP contribution in [0.4, 0.5) is 0 Å². The molecule has 0 aromatic carbocycles. The molecule has 1 fully saturated rings. The molecule has 1 aliphatic heterocycles. The van der Waals surface area contributed by atoms with Gasteiger partial charge in [-0.2, -0.15) is 0 Å². The average Bonchev–Trinajstić information content (AvgIpc) is 2.66. The first kappa shape index (κ1) is 12.8. The molecule has 88 valence electrons. The second kappa shape index (κ2) is 6.37. The Bertz CT molecular complexity index is 206. The van der Waals surface area contributed by atoms with Crippen LogP contribution in [0.25, 0.3) is 0 Å². The van der Waals surface area contributed by atoms with E-state index in [0.29, 0.717) is 30.0 Å². The second-order valence-electron chi connectivity index (χ2n) is 4.78. The van der Waals surface area contributed by atoms with Gasteiger partial charge in [0.1, 0.15) is 0 Å². The van der Waals surface area contributed by atoms with Crippen LogP contribution in [0.2, 0.25) is 0 Å². The fourth-order valence-electron chi connectivity index (χ4n) is 2.09. The molecule has 2 nitrogen and oxygen atoms in total. The molecule has 1 heterocycles. The molecule has 15 heavy (non-hydrogen) atoms. The van der Waals surface area contributed by atoms with E-state index in [1.54, 1.807) is 0 Å². The summed E-state index contributed by atoms with van der Waals surface area (Å²) in [5.74, 6) is 2.40. The van der Waals surface area contributed by atoms with E-state index in [0.717, 1.165) is 25.9 Å². The summed E-state index contributed by atoms with van der Waals surface area (Å²) in [6.45, 7) is 6.41. The smallest absolute Gasteiger partial charge is 0.222 e. The molecule has 1 unspecified atom stereocenters. The van der Waals surface area contributed by atoms with Crippen molar-refractivity contribution < 1.29 is 4.79 Å². The summed E-state index contributed by atoms with van der Waals surface area (Å²) < 4.78 is 0. The highest BCUT2D eigenvalue weighted by Gasteiger charge is 2.27. The number of carbonyl (C=O) groups is 1. The van der Waals surface area contributed by atoms with Gasteiger partial charge in [0.15, 0.2) is 0 Å². The summed E-state index contributed by atoms with van der Waals surface area (Å²) in [6, 6.07) is 0. The summed E-state index contributed by atoms with van der Waals surface area (Å²) in [7, 11) is 0. The zero-order valence-electron chi connectivity index (χ0n) is 9.84. The normalized spacial score (nSPS) is 21.3. The third kappa shape index (κ3) is 4.02. The summed E-state index contributed by atoms with van der Waals surface area (Å²) in [4.78, 5) is 13.8. The number of likely N-dealkylation sites (tertiary alicyclic amines) is 1. The third-order valence-electron chi connectivity index (χ3n) is 3.29. The lowest BCUT2D eigenvalue weighted by atomic mass is 9.95. The van der Waals surface area contributed by atoms with Gasteiger partial charge in [0.05, 0.1) is 0 Å². The van der Waals surface area contributed by atoms with Crippen molar-refractivity contribution >= 4 is 17.5 Å². The van der Waals surface area contributed by atoms with E-state index in [2.05, 4.69) is 13.8 Å². The molecule has 0 radical (unpaired) electrons. The molecule has 0 aliphatic carbocycles. The fraction of sp³-hybridized carbons (Fsp3) is 0.917. The van der Waals surface area contributed by atoms with Crippen molar-refractivity contribution in [2.45, 2.75) is 39.5 Å². The Morgan fingerprint density at radius 1 is 1.47 bits per heavy atom. The second-order valence-corrected chi connectivity index (χ2v) is 5.16. The molecule has 0 spiro atoms. The first-order valence-corrected chi connectivity index (χ1v) is 6.52. The SMILES string of the molecule is CC(C)C1CCN(C(=O)CCCCCl)C1. The molecule has 0 N–H and O–H groups in total. The molecule has 0 bridgehead atoms. The van der Waals surface area contributed by atoms with Gasteiger partial charge in [-0.05, 0) is 31.1 Å². The molecule has 0 aromatic rings. The fourth-order valence-corrected chi connectivity index (χ4v) is 2.28. The highest BCUT2D eigenvalue weighted by molar-refractivity contribution is 6.17. The highest BCUT2D eigenvalue weighted by Crippen LogP contribution is 2.24. The Morgan fingerprint density at radius 3 is 2.73 bits per heavy atom. The van der Waals surface area contributed by atoms with E-state index in [1.807, 2.05) is 4.90 Å². The van der Waals surface area contributed by atoms with E-state index in [4.69, 9.17) is 11.6 Å². The van der Waals surface area contributed by atoms with Crippen molar-refractivity contribution in [1.82, 2.24) is 4.90 Å². The zero-order valence-corrected chi connectivity index (χ0v) is 10.6. The summed E-state index contributed by atoms with van der Waals surface area (Å²) in [5, 5.41) is 0. The molecule has 1 rings (SSSR count). The highest BCUT2D eigenvalue weighted by atomic mass is 35.5. The van der Waals surface area contributed by atoms with Crippen molar-refractivity contribution in [3.63, 3.8) is 0 Å². The van der Waals surface area contributed by atoms with Crippen molar-refractivity contribution in [2.75, 3.05) is 19.0 Å². The Hall–Kier alpha value is -0.240. The Kier molecular flexibility index (Phi) is 5.44. The lowest BCUT2D eigenvalue weighted by Gasteiger charge is -2.18. The molecule has 1 aliphatic rings. The molecule has 1 saturated heterocycles. The van der Waals surface area contributed by atoms with Gasteiger partial charge in [0, 0.05) is 25.4 Å². The molecule has 0 aromatic heterocycles. The predicted octanol–water partition coefficient (Wildman–Crippen LogP) is 2.90. The Morgan fingerprint density at radius 2 is 2.20 bits per heavy atom. The third-order valence-corrected chi connectivity index (χ3v) is 3.56. The molecule has 1 atom stereocenters. The minimum absolute atomic E-state index is 0.322. The Labute approximate surface area is 98.0 Å². The zero-order chi connectivity index (χ0) is 11.3. The standard InChI is InChI=1S/C12H22ClNO/c1-10(2)11-6-8-14(9-11)12(15)5-3-4-7-13/h10-11H,3-9H2,1-2H3. The number of unbranched alkanes of at least 4 members (excludes halogenated alkanes) is 1. The lowest BCUT2D eigenvalue weighted by molar-refractivity contribution is -0.130. The van der Waals surface area contributed by atoms with E-state index >= 15 is 0 Å². The van der Waals surface area contributed by atoms with Crippen LogP contribution in [0.15, 0.2) is 0 Å². The number of hydrogen-bond donors (Lipinski definition) is 0. The Balaban J connectivity index is 2.24. The van der Waals surface area contributed by atoms with Crippen LogP contribution >= 0.6 is 11.6 Å². The molecule has 1 amide bonds. The quantitative estimate of drug-likeness (QED) is 0.526. The van der Waals surface area contributed by atoms with Gasteiger partial charge >= 0.3 is 0 Å². The lowest BCUT2D eigenvalue weighted by Crippen LogP contribution is -2.29. The largest absolute Gasteiger partial charge is 0.342 e. The number of rotatable bonds is 5. The number of nitrogens with zero attached hydrogens (tertiary/aromatic N) is 1. The van der Waals surface area contributed by atoms with Gasteiger partial charge in [-0.3, -0.25) is 4.79 Å². The molecule has 0 saturated carbocycles. The maximum Gasteiger partial charge on any atom is 0.222 e. The monoisotopic (exact) mass is 231 g/mol. The van der Waals surface area contributed by atoms with Crippen molar-refractivity contribution in [3.8, 4) is 0 Å². The van der Waals surface area contributed by atoms with Crippen molar-refractivity contribution in [2.24, 2.45) is 11.8 Å². The first-order chi connectivity index (χ1) is 7.15. The van der Waals surface area contributed by atoms with Crippen LogP contribution in [0.3, 0.4) is 0 Å². The van der Waals surface area contributed by atoms with Gasteiger partial charge in [0.25, 0.3) is 0 Å². The number of amides is 1. The average molecular weight is 232 g/mol. The van der Waals surface area contributed by atoms with Gasteiger partial charge in [0.2, 0.25) is 5.91 Å². The number of alkyl halides is 1. The number of halogens is 1. The van der Waals surface area contributed by atoms with Crippen molar-refractivity contribution in [1.29, 1.82) is 0 Å². The van der Waals surface area contributed by atoms with Crippen LogP contribution in [-0.2, 0) is 4.79 Å². The number of carbonyl (C=O) groups excluding carboxylic acids is 1. The van der Waals surface area contributed by atoms with Gasteiger partial charge in [-0.15, -0.1) is 11.6 Å². The van der Waals surface area contributed by atoms with E-state index in [-0.39, 0.29) is 0 Å². The van der Waals surface area contributed by atoms with Crippen molar-refractivity contribution in [3.05, 3.63) is 0 Å². The summed E-state index contributed by atoms with van der Waals surface area (Å²) >= 11 is 5.58. The minimum atomic E-state index is 0.322. The number of hydrogen-bond acceptors (Lipinski definition) is 1. The van der Waals surface area contributed by atoms with Crippen LogP contribution in [0, 0.1) is 11.8 Å². The molecular formula is C12H22ClNO.